The van der Waals surface area contributed by atoms with Gasteiger partial charge in [-0.05, 0) is 57.9 Å². The van der Waals surface area contributed by atoms with Crippen LogP contribution in [0, 0.1) is 0 Å². The molecule has 118 valence electrons. The van der Waals surface area contributed by atoms with E-state index < -0.39 is 5.41 Å². The number of nitrogens with one attached hydrogen (secondary N) is 2. The fourth-order valence-electron chi connectivity index (χ4n) is 2.64. The molecular formula is C16H24BrClN2O. The van der Waals surface area contributed by atoms with Crippen molar-refractivity contribution in [3.8, 4) is 0 Å². The summed E-state index contributed by atoms with van der Waals surface area (Å²) in [4.78, 5) is 12.6. The summed E-state index contributed by atoms with van der Waals surface area (Å²) < 4.78 is 1.01. The number of carbonyl (C=O) groups is 1. The van der Waals surface area contributed by atoms with Gasteiger partial charge in [0, 0.05) is 16.6 Å². The second-order valence-corrected chi connectivity index (χ2v) is 7.10. The lowest BCUT2D eigenvalue weighted by Gasteiger charge is -2.32. The number of benzene rings is 1. The molecule has 1 aromatic carbocycles. The Labute approximate surface area is 141 Å². The minimum Gasteiger partial charge on any atom is -0.353 e. The van der Waals surface area contributed by atoms with E-state index in [1.807, 2.05) is 38.1 Å². The van der Waals surface area contributed by atoms with Crippen LogP contribution < -0.4 is 10.6 Å². The summed E-state index contributed by atoms with van der Waals surface area (Å²) in [6, 6.07) is 8.74. The third kappa shape index (κ3) is 4.70. The topological polar surface area (TPSA) is 41.1 Å². The Morgan fingerprint density at radius 2 is 2.14 bits per heavy atom. The number of halogens is 2. The Bertz CT molecular complexity index is 493. The van der Waals surface area contributed by atoms with Gasteiger partial charge in [0.1, 0.15) is 0 Å². The minimum absolute atomic E-state index is 0. The zero-order valence-corrected chi connectivity index (χ0v) is 15.2. The van der Waals surface area contributed by atoms with Crippen LogP contribution in [0.1, 0.15) is 39.2 Å². The summed E-state index contributed by atoms with van der Waals surface area (Å²) in [5.74, 6) is 0.106. The predicted octanol–water partition coefficient (Wildman–Crippen LogP) is 3.41. The zero-order chi connectivity index (χ0) is 14.8. The summed E-state index contributed by atoms with van der Waals surface area (Å²) in [5.41, 5.74) is 0.518. The van der Waals surface area contributed by atoms with Gasteiger partial charge in [-0.15, -0.1) is 12.4 Å². The molecule has 0 aliphatic carbocycles. The summed E-state index contributed by atoms with van der Waals surface area (Å²) in [6.07, 6.45) is 2.00. The normalized spacial score (nSPS) is 22.3. The predicted molar refractivity (Wildman–Crippen MR) is 93.0 cm³/mol. The van der Waals surface area contributed by atoms with Gasteiger partial charge in [0.15, 0.2) is 0 Å². The molecule has 1 aliphatic rings. The Morgan fingerprint density at radius 1 is 1.43 bits per heavy atom. The first-order valence-corrected chi connectivity index (χ1v) is 7.99. The molecule has 21 heavy (non-hydrogen) atoms. The molecule has 5 heteroatoms. The quantitative estimate of drug-likeness (QED) is 0.850. The number of carbonyl (C=O) groups excluding carboxylic acids is 1. The molecule has 1 fully saturated rings. The highest BCUT2D eigenvalue weighted by Gasteiger charge is 2.32. The zero-order valence-electron chi connectivity index (χ0n) is 12.8. The lowest BCUT2D eigenvalue weighted by atomic mass is 9.83. The number of piperidine rings is 1. The molecule has 2 atom stereocenters. The summed E-state index contributed by atoms with van der Waals surface area (Å²) in [7, 11) is 0. The van der Waals surface area contributed by atoms with E-state index in [0.717, 1.165) is 29.4 Å². The van der Waals surface area contributed by atoms with Crippen LogP contribution in [0.4, 0.5) is 0 Å². The molecule has 1 saturated heterocycles. The third-order valence-electron chi connectivity index (χ3n) is 4.07. The Morgan fingerprint density at radius 3 is 2.76 bits per heavy atom. The van der Waals surface area contributed by atoms with Gasteiger partial charge < -0.3 is 10.6 Å². The highest BCUT2D eigenvalue weighted by atomic mass is 79.9. The Hall–Kier alpha value is -0.580. The highest BCUT2D eigenvalue weighted by molar-refractivity contribution is 9.10. The first kappa shape index (κ1) is 18.5. The van der Waals surface area contributed by atoms with E-state index in [4.69, 9.17) is 0 Å². The Kier molecular flexibility index (Phi) is 6.70. The minimum atomic E-state index is -0.516. The molecule has 0 saturated carbocycles. The first-order valence-electron chi connectivity index (χ1n) is 7.20. The number of rotatable bonds is 3. The summed E-state index contributed by atoms with van der Waals surface area (Å²) in [5, 5.41) is 6.62. The number of hydrogen-bond acceptors (Lipinski definition) is 2. The van der Waals surface area contributed by atoms with E-state index in [1.54, 1.807) is 0 Å². The average Bonchev–Trinajstić information content (AvgIpc) is 2.38. The van der Waals surface area contributed by atoms with Crippen LogP contribution in [0.25, 0.3) is 0 Å². The van der Waals surface area contributed by atoms with Crippen LogP contribution in [0.3, 0.4) is 0 Å². The monoisotopic (exact) mass is 374 g/mol. The largest absolute Gasteiger partial charge is 0.353 e. The number of hydrogen-bond donors (Lipinski definition) is 2. The molecule has 0 radical (unpaired) electrons. The van der Waals surface area contributed by atoms with Gasteiger partial charge in [0.05, 0.1) is 5.41 Å². The highest BCUT2D eigenvalue weighted by Crippen LogP contribution is 2.26. The van der Waals surface area contributed by atoms with Crippen LogP contribution in [0.15, 0.2) is 28.7 Å². The van der Waals surface area contributed by atoms with Crippen LogP contribution in [0.2, 0.25) is 0 Å². The Balaban J connectivity index is 0.00000220. The molecule has 1 aliphatic heterocycles. The molecule has 1 heterocycles. The molecule has 3 nitrogen and oxygen atoms in total. The number of amides is 1. The van der Waals surface area contributed by atoms with Gasteiger partial charge in [-0.3, -0.25) is 4.79 Å². The molecule has 1 amide bonds. The molecule has 0 spiro atoms. The maximum Gasteiger partial charge on any atom is 0.230 e. The lowest BCUT2D eigenvalue weighted by molar-refractivity contribution is -0.126. The molecule has 2 rings (SSSR count). The van der Waals surface area contributed by atoms with Gasteiger partial charge in [-0.2, -0.15) is 0 Å². The van der Waals surface area contributed by atoms with Crippen LogP contribution in [-0.2, 0) is 10.2 Å². The lowest BCUT2D eigenvalue weighted by Crippen LogP contribution is -2.50. The van der Waals surface area contributed by atoms with Crippen molar-refractivity contribution in [2.24, 2.45) is 0 Å². The van der Waals surface area contributed by atoms with E-state index in [9.17, 15) is 4.79 Å². The first-order chi connectivity index (χ1) is 9.39. The van der Waals surface area contributed by atoms with Crippen LogP contribution in [0.5, 0.6) is 0 Å². The van der Waals surface area contributed by atoms with Gasteiger partial charge in [-0.25, -0.2) is 0 Å². The van der Waals surface area contributed by atoms with Crippen molar-refractivity contribution in [1.29, 1.82) is 0 Å². The van der Waals surface area contributed by atoms with Crippen molar-refractivity contribution in [3.05, 3.63) is 34.3 Å². The van der Waals surface area contributed by atoms with Crippen molar-refractivity contribution in [3.63, 3.8) is 0 Å². The van der Waals surface area contributed by atoms with E-state index in [1.165, 1.54) is 0 Å². The maximum absolute atomic E-state index is 12.6. The molecule has 2 unspecified atom stereocenters. The van der Waals surface area contributed by atoms with E-state index in [-0.39, 0.29) is 24.4 Å². The molecule has 2 N–H and O–H groups in total. The summed E-state index contributed by atoms with van der Waals surface area (Å²) in [6.45, 7) is 7.10. The third-order valence-corrected chi connectivity index (χ3v) is 4.57. The fourth-order valence-corrected chi connectivity index (χ4v) is 3.04. The van der Waals surface area contributed by atoms with Crippen molar-refractivity contribution in [1.82, 2.24) is 10.6 Å². The van der Waals surface area contributed by atoms with Crippen LogP contribution >= 0.6 is 28.3 Å². The van der Waals surface area contributed by atoms with Crippen molar-refractivity contribution in [2.75, 3.05) is 6.54 Å². The molecule has 0 aromatic heterocycles. The summed E-state index contributed by atoms with van der Waals surface area (Å²) >= 11 is 3.47. The van der Waals surface area contributed by atoms with Gasteiger partial charge in [-0.1, -0.05) is 28.1 Å². The van der Waals surface area contributed by atoms with E-state index in [2.05, 4.69) is 33.5 Å². The van der Waals surface area contributed by atoms with Crippen molar-refractivity contribution >= 4 is 34.2 Å². The van der Waals surface area contributed by atoms with Gasteiger partial charge in [0.2, 0.25) is 5.91 Å². The second-order valence-electron chi connectivity index (χ2n) is 6.19. The molecule has 0 bridgehead atoms. The maximum atomic E-state index is 12.6. The SMILES string of the molecule is CC1CC(NC(=O)C(C)(C)c2cccc(Br)c2)CCN1.Cl. The van der Waals surface area contributed by atoms with Crippen molar-refractivity contribution in [2.45, 2.75) is 51.1 Å². The second kappa shape index (κ2) is 7.61. The molecular weight excluding hydrogens is 352 g/mol. The van der Waals surface area contributed by atoms with Crippen LogP contribution in [-0.4, -0.2) is 24.5 Å². The molecule has 1 aromatic rings. The van der Waals surface area contributed by atoms with Crippen molar-refractivity contribution < 1.29 is 4.79 Å². The fraction of sp³-hybridized carbons (Fsp3) is 0.562. The van der Waals surface area contributed by atoms with Gasteiger partial charge in [0.25, 0.3) is 0 Å². The smallest absolute Gasteiger partial charge is 0.230 e. The average molecular weight is 376 g/mol. The standard InChI is InChI=1S/C16H23BrN2O.ClH/c1-11-9-14(7-8-18-11)19-15(20)16(2,3)12-5-4-6-13(17)10-12;/h4-6,10-11,14,18H,7-9H2,1-3H3,(H,19,20);1H. The van der Waals surface area contributed by atoms with E-state index >= 15 is 0 Å². The van der Waals surface area contributed by atoms with Gasteiger partial charge >= 0.3 is 0 Å². The van der Waals surface area contributed by atoms with E-state index in [0.29, 0.717) is 6.04 Å².